The Morgan fingerprint density at radius 2 is 2.21 bits per heavy atom. The van der Waals surface area contributed by atoms with E-state index in [4.69, 9.17) is 0 Å². The van der Waals surface area contributed by atoms with E-state index in [0.29, 0.717) is 11.3 Å². The highest BCUT2D eigenvalue weighted by Crippen LogP contribution is 2.17. The third kappa shape index (κ3) is 3.02. The molecule has 3 rings (SSSR count). The lowest BCUT2D eigenvalue weighted by molar-refractivity contribution is 0.0934. The molecular formula is C17H22N6O. The minimum Gasteiger partial charge on any atom is -0.344 e. The van der Waals surface area contributed by atoms with Crippen LogP contribution in [0.5, 0.6) is 0 Å². The van der Waals surface area contributed by atoms with Crippen LogP contribution in [0.4, 0.5) is 0 Å². The molecule has 3 aromatic rings. The Hall–Kier alpha value is -2.70. The summed E-state index contributed by atoms with van der Waals surface area (Å²) in [7, 11) is 0. The van der Waals surface area contributed by atoms with Crippen molar-refractivity contribution >= 4 is 11.7 Å². The number of hydrogen-bond acceptors (Lipinski definition) is 4. The highest BCUT2D eigenvalue weighted by atomic mass is 16.1. The molecule has 7 heteroatoms. The molecule has 3 aromatic heterocycles. The van der Waals surface area contributed by atoms with Crippen molar-refractivity contribution in [3.05, 3.63) is 47.8 Å². The maximum Gasteiger partial charge on any atom is 0.255 e. The Labute approximate surface area is 140 Å². The van der Waals surface area contributed by atoms with Crippen molar-refractivity contribution in [1.29, 1.82) is 0 Å². The second-order valence-corrected chi connectivity index (χ2v) is 5.79. The monoisotopic (exact) mass is 326 g/mol. The number of fused-ring (bicyclic) bond motifs is 1. The van der Waals surface area contributed by atoms with Gasteiger partial charge >= 0.3 is 0 Å². The fourth-order valence-corrected chi connectivity index (χ4v) is 2.74. The quantitative estimate of drug-likeness (QED) is 0.755. The first kappa shape index (κ1) is 16.2. The van der Waals surface area contributed by atoms with E-state index >= 15 is 0 Å². The summed E-state index contributed by atoms with van der Waals surface area (Å²) in [6.45, 7) is 6.85. The molecule has 0 unspecified atom stereocenters. The maximum absolute atomic E-state index is 12.6. The van der Waals surface area contributed by atoms with Gasteiger partial charge in [-0.05, 0) is 25.8 Å². The topological polar surface area (TPSA) is 77.1 Å². The minimum atomic E-state index is -0.159. The smallest absolute Gasteiger partial charge is 0.255 e. The van der Waals surface area contributed by atoms with Crippen molar-refractivity contribution in [3.63, 3.8) is 0 Å². The average Bonchev–Trinajstić information content (AvgIpc) is 3.17. The van der Waals surface area contributed by atoms with Gasteiger partial charge in [0.1, 0.15) is 0 Å². The Morgan fingerprint density at radius 3 is 2.92 bits per heavy atom. The first-order valence-corrected chi connectivity index (χ1v) is 8.27. The third-order valence-corrected chi connectivity index (χ3v) is 4.11. The molecule has 1 atom stereocenters. The van der Waals surface area contributed by atoms with E-state index in [2.05, 4.69) is 27.3 Å². The van der Waals surface area contributed by atoms with Crippen LogP contribution < -0.4 is 5.32 Å². The van der Waals surface area contributed by atoms with Crippen LogP contribution in [-0.2, 0) is 6.54 Å². The highest BCUT2D eigenvalue weighted by molar-refractivity contribution is 5.95. The van der Waals surface area contributed by atoms with E-state index in [1.54, 1.807) is 12.4 Å². The zero-order valence-electron chi connectivity index (χ0n) is 14.2. The summed E-state index contributed by atoms with van der Waals surface area (Å²) < 4.78 is 3.72. The van der Waals surface area contributed by atoms with E-state index < -0.39 is 0 Å². The Morgan fingerprint density at radius 1 is 1.38 bits per heavy atom. The molecule has 1 amide bonds. The van der Waals surface area contributed by atoms with Gasteiger partial charge in [0.25, 0.3) is 5.91 Å². The summed E-state index contributed by atoms with van der Waals surface area (Å²) in [6, 6.07) is 1.69. The summed E-state index contributed by atoms with van der Waals surface area (Å²) in [5.74, 6) is 0.513. The molecule has 0 spiro atoms. The molecule has 0 aliphatic rings. The summed E-state index contributed by atoms with van der Waals surface area (Å²) >= 11 is 0. The lowest BCUT2D eigenvalue weighted by Crippen LogP contribution is -2.28. The van der Waals surface area contributed by atoms with Crippen LogP contribution in [0.25, 0.3) is 5.78 Å². The highest BCUT2D eigenvalue weighted by Gasteiger charge is 2.20. The number of aromatic nitrogens is 5. The summed E-state index contributed by atoms with van der Waals surface area (Å²) in [5.41, 5.74) is 2.31. The van der Waals surface area contributed by atoms with Crippen molar-refractivity contribution in [1.82, 2.24) is 29.5 Å². The third-order valence-electron chi connectivity index (χ3n) is 4.11. The normalized spacial score (nSPS) is 12.5. The fraction of sp³-hybridized carbons (Fsp3) is 0.412. The molecule has 0 aromatic carbocycles. The van der Waals surface area contributed by atoms with Crippen LogP contribution in [0.15, 0.2) is 30.9 Å². The van der Waals surface area contributed by atoms with Crippen LogP contribution in [0.1, 0.15) is 54.5 Å². The van der Waals surface area contributed by atoms with Crippen LogP contribution in [-0.4, -0.2) is 30.1 Å². The van der Waals surface area contributed by atoms with Gasteiger partial charge in [-0.15, -0.1) is 0 Å². The first-order chi connectivity index (χ1) is 11.6. The van der Waals surface area contributed by atoms with Gasteiger partial charge in [-0.2, -0.15) is 5.10 Å². The Bertz CT molecular complexity index is 817. The fourth-order valence-electron chi connectivity index (χ4n) is 2.74. The van der Waals surface area contributed by atoms with E-state index in [-0.39, 0.29) is 11.9 Å². The molecule has 126 valence electrons. The number of carbonyl (C=O) groups excluding carboxylic acids is 1. The zero-order chi connectivity index (χ0) is 17.1. The average molecular weight is 326 g/mol. The molecule has 7 nitrogen and oxygen atoms in total. The Kier molecular flexibility index (Phi) is 4.59. The predicted octanol–water partition coefficient (Wildman–Crippen LogP) is 2.53. The van der Waals surface area contributed by atoms with E-state index in [0.717, 1.165) is 30.8 Å². The van der Waals surface area contributed by atoms with Gasteiger partial charge in [0.15, 0.2) is 0 Å². The number of carbonyl (C=O) groups is 1. The minimum absolute atomic E-state index is 0.119. The molecule has 0 aliphatic heterocycles. The number of imidazole rings is 1. The lowest BCUT2D eigenvalue weighted by atomic mass is 10.1. The van der Waals surface area contributed by atoms with Crippen LogP contribution in [0.3, 0.4) is 0 Å². The largest absolute Gasteiger partial charge is 0.344 e. The van der Waals surface area contributed by atoms with Gasteiger partial charge in [0, 0.05) is 30.8 Å². The van der Waals surface area contributed by atoms with Gasteiger partial charge in [-0.1, -0.05) is 13.8 Å². The van der Waals surface area contributed by atoms with E-state index in [1.807, 2.05) is 41.4 Å². The maximum atomic E-state index is 12.6. The Balaban J connectivity index is 1.81. The zero-order valence-corrected chi connectivity index (χ0v) is 14.2. The van der Waals surface area contributed by atoms with Crippen LogP contribution in [0.2, 0.25) is 0 Å². The van der Waals surface area contributed by atoms with Gasteiger partial charge in [0.05, 0.1) is 23.5 Å². The standard InChI is InChI=1S/C17H22N6O/c1-4-8-23-12(3)13(10-19-23)16(24)20-14(5-2)15-11-22-9-6-7-18-17(22)21-15/h6-7,9-11,14H,4-5,8H2,1-3H3,(H,20,24)/t14-/m0/s1. The van der Waals surface area contributed by atoms with E-state index in [1.165, 1.54) is 0 Å². The van der Waals surface area contributed by atoms with Gasteiger partial charge in [0.2, 0.25) is 5.78 Å². The molecule has 3 heterocycles. The van der Waals surface area contributed by atoms with Crippen molar-refractivity contribution in [3.8, 4) is 0 Å². The summed E-state index contributed by atoms with van der Waals surface area (Å²) in [4.78, 5) is 21.3. The molecule has 0 bridgehead atoms. The SMILES string of the molecule is CCCn1ncc(C(=O)N[C@@H](CC)c2cn3cccnc3n2)c1C. The lowest BCUT2D eigenvalue weighted by Gasteiger charge is -2.14. The van der Waals surface area contributed by atoms with Crippen molar-refractivity contribution in [2.75, 3.05) is 0 Å². The summed E-state index contributed by atoms with van der Waals surface area (Å²) in [5, 5.41) is 7.35. The van der Waals surface area contributed by atoms with Crippen LogP contribution in [0, 0.1) is 6.92 Å². The van der Waals surface area contributed by atoms with Crippen molar-refractivity contribution in [2.24, 2.45) is 0 Å². The summed E-state index contributed by atoms with van der Waals surface area (Å²) in [6.07, 6.45) is 8.87. The number of nitrogens with zero attached hydrogens (tertiary/aromatic N) is 5. The number of rotatable bonds is 6. The van der Waals surface area contributed by atoms with Gasteiger partial charge in [-0.25, -0.2) is 9.97 Å². The molecule has 0 saturated heterocycles. The van der Waals surface area contributed by atoms with Crippen molar-refractivity contribution in [2.45, 2.75) is 46.2 Å². The molecule has 0 aliphatic carbocycles. The number of amides is 1. The van der Waals surface area contributed by atoms with Crippen molar-refractivity contribution < 1.29 is 4.79 Å². The van der Waals surface area contributed by atoms with E-state index in [9.17, 15) is 4.79 Å². The number of nitrogens with one attached hydrogen (secondary N) is 1. The molecule has 0 saturated carbocycles. The molecule has 0 fully saturated rings. The van der Waals surface area contributed by atoms with Gasteiger partial charge in [-0.3, -0.25) is 13.9 Å². The predicted molar refractivity (Wildman–Crippen MR) is 90.7 cm³/mol. The van der Waals surface area contributed by atoms with Crippen LogP contribution >= 0.6 is 0 Å². The molecular weight excluding hydrogens is 304 g/mol. The second kappa shape index (κ2) is 6.82. The van der Waals surface area contributed by atoms with Gasteiger partial charge < -0.3 is 5.32 Å². The first-order valence-electron chi connectivity index (χ1n) is 8.27. The second-order valence-electron chi connectivity index (χ2n) is 5.79. The number of aryl methyl sites for hydroxylation is 1. The molecule has 24 heavy (non-hydrogen) atoms. The number of hydrogen-bond donors (Lipinski definition) is 1. The molecule has 1 N–H and O–H groups in total. The molecule has 0 radical (unpaired) electrons.